The highest BCUT2D eigenvalue weighted by atomic mass is 31.1. The fourth-order valence-corrected chi connectivity index (χ4v) is 4.13. The molecule has 0 spiro atoms. The van der Waals surface area contributed by atoms with Crippen molar-refractivity contribution < 1.29 is 4.74 Å². The number of benzene rings is 2. The van der Waals surface area contributed by atoms with E-state index in [1.165, 1.54) is 10.6 Å². The summed E-state index contributed by atoms with van der Waals surface area (Å²) in [5.74, 6) is 0. The van der Waals surface area contributed by atoms with Gasteiger partial charge in [0.1, 0.15) is 0 Å². The number of ether oxygens (including phenoxy) is 1. The first-order valence-corrected chi connectivity index (χ1v) is 8.04. The van der Waals surface area contributed by atoms with Crippen LogP contribution in [0, 0.1) is 0 Å². The van der Waals surface area contributed by atoms with Crippen molar-refractivity contribution in [1.29, 1.82) is 0 Å². The van der Waals surface area contributed by atoms with E-state index >= 15 is 0 Å². The average molecular weight is 269 g/mol. The molecule has 0 amide bonds. The summed E-state index contributed by atoms with van der Waals surface area (Å²) in [4.78, 5) is 0. The van der Waals surface area contributed by atoms with Gasteiger partial charge in [0.2, 0.25) is 0 Å². The normalized spacial score (nSPS) is 10.6. The van der Waals surface area contributed by atoms with Crippen molar-refractivity contribution in [2.45, 2.75) is 12.7 Å². The molecular weight excluding hydrogens is 250 g/mol. The average Bonchev–Trinajstić information content (AvgIpc) is 2.49. The lowest BCUT2D eigenvalue weighted by Crippen LogP contribution is -2.15. The van der Waals surface area contributed by atoms with Crippen LogP contribution in [0.15, 0.2) is 60.7 Å². The van der Waals surface area contributed by atoms with Gasteiger partial charge in [0.25, 0.3) is 0 Å². The van der Waals surface area contributed by atoms with Gasteiger partial charge in [-0.25, -0.2) is 0 Å². The van der Waals surface area contributed by atoms with Crippen molar-refractivity contribution in [3.8, 4) is 0 Å². The van der Waals surface area contributed by atoms with Crippen molar-refractivity contribution in [2.24, 2.45) is 0 Å². The molecular formula is C16H19BOP. The standard InChI is InChI=1S/C16H19BOP/c1-18-14-8-13-17-19(15-9-4-2-5-10-15)16-11-6-3-7-12-16/h2-7,9-12H,8,13-14H2,1H3. The number of rotatable bonds is 7. The van der Waals surface area contributed by atoms with Gasteiger partial charge >= 0.3 is 0 Å². The Kier molecular flexibility index (Phi) is 6.13. The van der Waals surface area contributed by atoms with Crippen LogP contribution in [0.3, 0.4) is 0 Å². The topological polar surface area (TPSA) is 9.23 Å². The van der Waals surface area contributed by atoms with Crippen LogP contribution >= 0.6 is 7.80 Å². The number of methoxy groups -OCH3 is 1. The zero-order valence-electron chi connectivity index (χ0n) is 11.3. The van der Waals surface area contributed by atoms with Gasteiger partial charge in [0.15, 0.2) is 7.00 Å². The van der Waals surface area contributed by atoms with Crippen molar-refractivity contribution in [2.75, 3.05) is 13.7 Å². The highest BCUT2D eigenvalue weighted by molar-refractivity contribution is 7.97. The molecule has 0 N–H and O–H groups in total. The smallest absolute Gasteiger partial charge is 0.158 e. The molecule has 19 heavy (non-hydrogen) atoms. The monoisotopic (exact) mass is 269 g/mol. The molecule has 1 nitrogen and oxygen atoms in total. The van der Waals surface area contributed by atoms with Gasteiger partial charge in [0.05, 0.1) is 0 Å². The Morgan fingerprint density at radius 3 is 1.89 bits per heavy atom. The van der Waals surface area contributed by atoms with E-state index in [1.54, 1.807) is 7.11 Å². The number of hydrogen-bond donors (Lipinski definition) is 0. The van der Waals surface area contributed by atoms with E-state index in [1.807, 2.05) is 0 Å². The molecule has 97 valence electrons. The van der Waals surface area contributed by atoms with Crippen molar-refractivity contribution >= 4 is 25.4 Å². The van der Waals surface area contributed by atoms with Crippen LogP contribution in [0.25, 0.3) is 0 Å². The van der Waals surface area contributed by atoms with Gasteiger partial charge in [-0.05, 0) is 17.0 Å². The Balaban J connectivity index is 2.10. The van der Waals surface area contributed by atoms with Crippen molar-refractivity contribution in [3.05, 3.63) is 60.7 Å². The molecule has 0 aliphatic rings. The maximum absolute atomic E-state index is 5.12. The fraction of sp³-hybridized carbons (Fsp3) is 0.250. The molecule has 0 aromatic heterocycles. The summed E-state index contributed by atoms with van der Waals surface area (Å²) in [6, 6.07) is 21.5. The van der Waals surface area contributed by atoms with Crippen molar-refractivity contribution in [1.82, 2.24) is 0 Å². The van der Waals surface area contributed by atoms with Gasteiger partial charge in [0, 0.05) is 13.7 Å². The minimum absolute atomic E-state index is 0.348. The molecule has 0 saturated heterocycles. The molecule has 0 unspecified atom stereocenters. The van der Waals surface area contributed by atoms with Gasteiger partial charge in [-0.15, -0.1) is 0 Å². The van der Waals surface area contributed by atoms with Gasteiger partial charge in [-0.1, -0.05) is 74.8 Å². The van der Waals surface area contributed by atoms with Crippen LogP contribution in [0.2, 0.25) is 6.32 Å². The second-order valence-corrected chi connectivity index (χ2v) is 6.50. The first-order chi connectivity index (χ1) is 9.42. The van der Waals surface area contributed by atoms with Gasteiger partial charge in [-0.3, -0.25) is 0 Å². The Hall–Kier alpha value is -1.11. The third kappa shape index (κ3) is 4.49. The third-order valence-corrected chi connectivity index (χ3v) is 5.27. The minimum Gasteiger partial charge on any atom is -0.385 e. The summed E-state index contributed by atoms with van der Waals surface area (Å²) < 4.78 is 5.12. The molecule has 0 heterocycles. The molecule has 0 aliphatic carbocycles. The molecule has 0 fully saturated rings. The molecule has 0 bridgehead atoms. The van der Waals surface area contributed by atoms with E-state index in [4.69, 9.17) is 4.74 Å². The molecule has 0 saturated carbocycles. The van der Waals surface area contributed by atoms with E-state index in [0.29, 0.717) is 0 Å². The lowest BCUT2D eigenvalue weighted by Gasteiger charge is -2.18. The minimum atomic E-state index is -0.348. The molecule has 0 aliphatic heterocycles. The summed E-state index contributed by atoms with van der Waals surface area (Å²) >= 11 is 0. The maximum atomic E-state index is 5.12. The Morgan fingerprint density at radius 1 is 0.895 bits per heavy atom. The van der Waals surface area contributed by atoms with E-state index < -0.39 is 0 Å². The third-order valence-electron chi connectivity index (χ3n) is 2.93. The van der Waals surface area contributed by atoms with E-state index in [0.717, 1.165) is 19.3 Å². The fourth-order valence-electron chi connectivity index (χ4n) is 1.99. The van der Waals surface area contributed by atoms with Gasteiger partial charge in [-0.2, -0.15) is 0 Å². The van der Waals surface area contributed by atoms with E-state index in [9.17, 15) is 0 Å². The number of hydrogen-bond acceptors (Lipinski definition) is 1. The summed E-state index contributed by atoms with van der Waals surface area (Å²) in [5, 5.41) is 2.84. The molecule has 1 radical (unpaired) electrons. The zero-order valence-corrected chi connectivity index (χ0v) is 12.2. The van der Waals surface area contributed by atoms with Crippen molar-refractivity contribution in [3.63, 3.8) is 0 Å². The summed E-state index contributed by atoms with van der Waals surface area (Å²) in [5.41, 5.74) is 0. The summed E-state index contributed by atoms with van der Waals surface area (Å²) in [6.07, 6.45) is 2.19. The molecule has 2 aromatic carbocycles. The summed E-state index contributed by atoms with van der Waals surface area (Å²) in [7, 11) is 1.41. The SMILES string of the molecule is COCCC[B]P(c1ccccc1)c1ccccc1. The van der Waals surface area contributed by atoms with Crippen LogP contribution in [-0.2, 0) is 4.74 Å². The molecule has 0 atom stereocenters. The first kappa shape index (κ1) is 14.3. The highest BCUT2D eigenvalue weighted by Crippen LogP contribution is 2.32. The predicted octanol–water partition coefficient (Wildman–Crippen LogP) is 3.19. The van der Waals surface area contributed by atoms with Crippen LogP contribution in [0.1, 0.15) is 6.42 Å². The lowest BCUT2D eigenvalue weighted by atomic mass is 10.0. The second kappa shape index (κ2) is 8.14. The maximum Gasteiger partial charge on any atom is 0.158 e. The van der Waals surface area contributed by atoms with Crippen LogP contribution in [-0.4, -0.2) is 20.7 Å². The highest BCUT2D eigenvalue weighted by Gasteiger charge is 2.13. The van der Waals surface area contributed by atoms with Crippen LogP contribution < -0.4 is 10.6 Å². The zero-order chi connectivity index (χ0) is 13.3. The van der Waals surface area contributed by atoms with Crippen LogP contribution in [0.4, 0.5) is 0 Å². The largest absolute Gasteiger partial charge is 0.385 e. The first-order valence-electron chi connectivity index (χ1n) is 6.63. The quantitative estimate of drug-likeness (QED) is 0.426. The van der Waals surface area contributed by atoms with Crippen LogP contribution in [0.5, 0.6) is 0 Å². The summed E-state index contributed by atoms with van der Waals surface area (Å²) in [6.45, 7) is 3.29. The Morgan fingerprint density at radius 2 is 1.42 bits per heavy atom. The van der Waals surface area contributed by atoms with E-state index in [-0.39, 0.29) is 7.80 Å². The van der Waals surface area contributed by atoms with E-state index in [2.05, 4.69) is 67.7 Å². The Labute approximate surface area is 118 Å². The molecule has 2 aromatic rings. The van der Waals surface area contributed by atoms with Gasteiger partial charge < -0.3 is 4.74 Å². The molecule has 2 rings (SSSR count). The Bertz CT molecular complexity index is 421. The predicted molar refractivity (Wildman–Crippen MR) is 86.1 cm³/mol. The lowest BCUT2D eigenvalue weighted by molar-refractivity contribution is 0.199. The molecule has 3 heteroatoms. The second-order valence-electron chi connectivity index (χ2n) is 4.36.